The number of aromatic nitrogens is 1. The summed E-state index contributed by atoms with van der Waals surface area (Å²) in [5, 5.41) is 0.972. The first-order valence-electron chi connectivity index (χ1n) is 6.10. The van der Waals surface area contributed by atoms with Gasteiger partial charge in [-0.05, 0) is 23.8 Å². The van der Waals surface area contributed by atoms with E-state index in [4.69, 9.17) is 0 Å². The number of hydrogen-bond donors (Lipinski definition) is 0. The summed E-state index contributed by atoms with van der Waals surface area (Å²) in [6.45, 7) is 0. The minimum atomic E-state index is -1.05. The number of pyridine rings is 1. The molecule has 19 heavy (non-hydrogen) atoms. The quantitative estimate of drug-likeness (QED) is 0.726. The minimum absolute atomic E-state index is 0.537. The Morgan fingerprint density at radius 3 is 2.58 bits per heavy atom. The number of fused-ring (bicyclic) bond motifs is 1. The van der Waals surface area contributed by atoms with E-state index in [-0.39, 0.29) is 0 Å². The topological polar surface area (TPSA) is 30.0 Å². The highest BCUT2D eigenvalue weighted by Gasteiger charge is 2.09. The van der Waals surface area contributed by atoms with Crippen LogP contribution in [0.5, 0.6) is 0 Å². The smallest absolute Gasteiger partial charge is 0.0714 e. The Kier molecular flexibility index (Phi) is 3.38. The maximum absolute atomic E-state index is 12.5. The van der Waals surface area contributed by atoms with Gasteiger partial charge < -0.3 is 0 Å². The van der Waals surface area contributed by atoms with Gasteiger partial charge in [-0.3, -0.25) is 9.19 Å². The maximum Gasteiger partial charge on any atom is 0.0714 e. The molecule has 0 aliphatic heterocycles. The summed E-state index contributed by atoms with van der Waals surface area (Å²) >= 11 is 0. The van der Waals surface area contributed by atoms with Crippen molar-refractivity contribution in [2.75, 3.05) is 0 Å². The molecule has 3 rings (SSSR count). The summed E-state index contributed by atoms with van der Waals surface area (Å²) in [5.74, 6) is 0.537. The monoisotopic (exact) mass is 267 g/mol. The Morgan fingerprint density at radius 1 is 0.895 bits per heavy atom. The van der Waals surface area contributed by atoms with Gasteiger partial charge in [-0.15, -0.1) is 0 Å². The zero-order valence-corrected chi connectivity index (χ0v) is 11.1. The lowest BCUT2D eigenvalue weighted by atomic mass is 10.2. The van der Waals surface area contributed by atoms with E-state index < -0.39 is 10.8 Å². The van der Waals surface area contributed by atoms with Gasteiger partial charge >= 0.3 is 0 Å². The van der Waals surface area contributed by atoms with Gasteiger partial charge in [0.25, 0.3) is 0 Å². The molecular formula is C16H13NOS. The fourth-order valence-corrected chi connectivity index (χ4v) is 3.38. The van der Waals surface area contributed by atoms with Crippen molar-refractivity contribution >= 4 is 21.7 Å². The van der Waals surface area contributed by atoms with Gasteiger partial charge in [0.1, 0.15) is 0 Å². The van der Waals surface area contributed by atoms with Gasteiger partial charge in [-0.2, -0.15) is 0 Å². The summed E-state index contributed by atoms with van der Waals surface area (Å²) in [5.41, 5.74) is 1.98. The molecule has 0 radical (unpaired) electrons. The minimum Gasteiger partial charge on any atom is -0.256 e. The van der Waals surface area contributed by atoms with Crippen molar-refractivity contribution in [1.29, 1.82) is 0 Å². The normalized spacial score (nSPS) is 12.4. The van der Waals surface area contributed by atoms with Crippen molar-refractivity contribution in [3.05, 3.63) is 72.4 Å². The van der Waals surface area contributed by atoms with Crippen LogP contribution in [0, 0.1) is 0 Å². The summed E-state index contributed by atoms with van der Waals surface area (Å²) in [7, 11) is -1.05. The molecule has 94 valence electrons. The Labute approximate surface area is 114 Å². The van der Waals surface area contributed by atoms with Gasteiger partial charge in [0.05, 0.1) is 22.1 Å². The molecule has 0 fully saturated rings. The zero-order valence-electron chi connectivity index (χ0n) is 10.3. The molecule has 1 aromatic heterocycles. The number of benzene rings is 2. The Bertz CT molecular complexity index is 720. The van der Waals surface area contributed by atoms with E-state index in [0.29, 0.717) is 5.75 Å². The third kappa shape index (κ3) is 2.56. The van der Waals surface area contributed by atoms with Crippen LogP contribution in [0.2, 0.25) is 0 Å². The summed E-state index contributed by atoms with van der Waals surface area (Å²) < 4.78 is 12.5. The van der Waals surface area contributed by atoms with E-state index in [1.807, 2.05) is 60.7 Å². The van der Waals surface area contributed by atoms with Crippen LogP contribution < -0.4 is 0 Å². The molecule has 1 unspecified atom stereocenters. The van der Waals surface area contributed by atoms with Crippen molar-refractivity contribution < 1.29 is 4.21 Å². The van der Waals surface area contributed by atoms with Gasteiger partial charge in [-0.25, -0.2) is 0 Å². The van der Waals surface area contributed by atoms with Gasteiger partial charge in [0.2, 0.25) is 0 Å². The molecule has 2 aromatic carbocycles. The summed E-state index contributed by atoms with van der Waals surface area (Å²) in [4.78, 5) is 5.15. The van der Waals surface area contributed by atoms with Gasteiger partial charge in [0.15, 0.2) is 0 Å². The molecule has 1 heterocycles. The molecule has 0 N–H and O–H groups in total. The first-order valence-corrected chi connectivity index (χ1v) is 7.42. The molecule has 3 heteroatoms. The standard InChI is InChI=1S/C16H13NOS/c18-19(12-13-6-2-1-3-7-13)16-10-4-9-15-14(16)8-5-11-17-15/h1-11H,12H2. The average Bonchev–Trinajstić information content (AvgIpc) is 2.47. The second-order valence-electron chi connectivity index (χ2n) is 4.30. The lowest BCUT2D eigenvalue weighted by molar-refractivity contribution is 0.683. The molecule has 1 atom stereocenters. The predicted molar refractivity (Wildman–Crippen MR) is 78.3 cm³/mol. The largest absolute Gasteiger partial charge is 0.256 e. The Hall–Kier alpha value is -2.00. The van der Waals surface area contributed by atoms with Gasteiger partial charge in [0, 0.05) is 16.5 Å². The summed E-state index contributed by atoms with van der Waals surface area (Å²) in [6.07, 6.45) is 1.76. The fourth-order valence-electron chi connectivity index (χ4n) is 2.08. The average molecular weight is 267 g/mol. The molecule has 3 aromatic rings. The number of rotatable bonds is 3. The first kappa shape index (κ1) is 12.1. The molecule has 0 aliphatic rings. The van der Waals surface area contributed by atoms with Crippen LogP contribution >= 0.6 is 0 Å². The van der Waals surface area contributed by atoms with E-state index in [9.17, 15) is 4.21 Å². The molecule has 0 amide bonds. The van der Waals surface area contributed by atoms with Crippen molar-refractivity contribution in [2.24, 2.45) is 0 Å². The zero-order chi connectivity index (χ0) is 13.1. The molecule has 0 saturated heterocycles. The highest BCUT2D eigenvalue weighted by Crippen LogP contribution is 2.21. The fraction of sp³-hybridized carbons (Fsp3) is 0.0625. The molecular weight excluding hydrogens is 254 g/mol. The van der Waals surface area contributed by atoms with Crippen LogP contribution in [0.4, 0.5) is 0 Å². The van der Waals surface area contributed by atoms with Crippen molar-refractivity contribution in [1.82, 2.24) is 4.98 Å². The van der Waals surface area contributed by atoms with Crippen molar-refractivity contribution in [3.63, 3.8) is 0 Å². The van der Waals surface area contributed by atoms with Crippen LogP contribution in [0.25, 0.3) is 10.9 Å². The second kappa shape index (κ2) is 5.33. The number of nitrogens with zero attached hydrogens (tertiary/aromatic N) is 1. The highest BCUT2D eigenvalue weighted by molar-refractivity contribution is 7.84. The predicted octanol–water partition coefficient (Wildman–Crippen LogP) is 3.54. The van der Waals surface area contributed by atoms with E-state index >= 15 is 0 Å². The van der Waals surface area contributed by atoms with Crippen molar-refractivity contribution in [2.45, 2.75) is 10.6 Å². The van der Waals surface area contributed by atoms with Gasteiger partial charge in [-0.1, -0.05) is 42.5 Å². The first-order chi connectivity index (χ1) is 9.34. The van der Waals surface area contributed by atoms with E-state index in [1.54, 1.807) is 6.20 Å². The van der Waals surface area contributed by atoms with E-state index in [1.165, 1.54) is 0 Å². The van der Waals surface area contributed by atoms with Crippen LogP contribution in [0.15, 0.2) is 71.8 Å². The molecule has 0 bridgehead atoms. The Morgan fingerprint density at radius 2 is 1.74 bits per heavy atom. The maximum atomic E-state index is 12.5. The van der Waals surface area contributed by atoms with E-state index in [0.717, 1.165) is 21.4 Å². The van der Waals surface area contributed by atoms with E-state index in [2.05, 4.69) is 4.98 Å². The SMILES string of the molecule is O=S(Cc1ccccc1)c1cccc2ncccc12. The number of hydrogen-bond acceptors (Lipinski definition) is 2. The Balaban J connectivity index is 1.98. The molecule has 0 saturated carbocycles. The third-order valence-corrected chi connectivity index (χ3v) is 4.43. The van der Waals surface area contributed by atoms with Crippen LogP contribution in [-0.4, -0.2) is 9.19 Å². The lowest BCUT2D eigenvalue weighted by Crippen LogP contribution is -1.97. The molecule has 0 spiro atoms. The van der Waals surface area contributed by atoms with Crippen LogP contribution in [-0.2, 0) is 16.6 Å². The van der Waals surface area contributed by atoms with Crippen LogP contribution in [0.1, 0.15) is 5.56 Å². The molecule has 0 aliphatic carbocycles. The molecule has 2 nitrogen and oxygen atoms in total. The highest BCUT2D eigenvalue weighted by atomic mass is 32.2. The van der Waals surface area contributed by atoms with Crippen LogP contribution in [0.3, 0.4) is 0 Å². The second-order valence-corrected chi connectivity index (χ2v) is 5.72. The van der Waals surface area contributed by atoms with Crippen molar-refractivity contribution in [3.8, 4) is 0 Å². The lowest BCUT2D eigenvalue weighted by Gasteiger charge is -2.06. The summed E-state index contributed by atoms with van der Waals surface area (Å²) in [6, 6.07) is 19.5. The third-order valence-electron chi connectivity index (χ3n) is 2.99.